The van der Waals surface area contributed by atoms with Crippen LogP contribution in [0.1, 0.15) is 24.2 Å². The molecule has 2 rings (SSSR count). The first kappa shape index (κ1) is 8.29. The van der Waals surface area contributed by atoms with Crippen molar-refractivity contribution in [2.24, 2.45) is 11.7 Å². The summed E-state index contributed by atoms with van der Waals surface area (Å²) in [4.78, 5) is 18.0. The maximum Gasteiger partial charge on any atom is 0.217 e. The standard InChI is InChI=1S/C9H13N3O/c10-9(13)4-6-1-2-7-8(3-6)12-5-11-7/h5-6H,1-4H2,(H2,10,13)(H,11,12). The number of aromatic nitrogens is 2. The van der Waals surface area contributed by atoms with Crippen LogP contribution >= 0.6 is 0 Å². The lowest BCUT2D eigenvalue weighted by Crippen LogP contribution is -2.21. The zero-order valence-corrected chi connectivity index (χ0v) is 7.42. The molecule has 0 spiro atoms. The molecule has 1 heterocycles. The molecule has 0 fully saturated rings. The second-order valence-electron chi connectivity index (χ2n) is 3.61. The van der Waals surface area contributed by atoms with Gasteiger partial charge in [0.1, 0.15) is 0 Å². The summed E-state index contributed by atoms with van der Waals surface area (Å²) in [7, 11) is 0. The van der Waals surface area contributed by atoms with Crippen molar-refractivity contribution in [3.8, 4) is 0 Å². The molecule has 0 aromatic carbocycles. The number of carbonyl (C=O) groups excluding carboxylic acids is 1. The van der Waals surface area contributed by atoms with Gasteiger partial charge >= 0.3 is 0 Å². The van der Waals surface area contributed by atoms with Crippen molar-refractivity contribution in [3.63, 3.8) is 0 Å². The number of primary amides is 1. The summed E-state index contributed by atoms with van der Waals surface area (Å²) in [6.07, 6.45) is 5.14. The third-order valence-electron chi connectivity index (χ3n) is 2.58. The zero-order valence-electron chi connectivity index (χ0n) is 7.42. The van der Waals surface area contributed by atoms with Crippen LogP contribution in [0.15, 0.2) is 6.33 Å². The molecule has 13 heavy (non-hydrogen) atoms. The fourth-order valence-corrected chi connectivity index (χ4v) is 1.92. The quantitative estimate of drug-likeness (QED) is 0.689. The molecule has 70 valence electrons. The summed E-state index contributed by atoms with van der Waals surface area (Å²) in [6.45, 7) is 0. The Labute approximate surface area is 76.5 Å². The average Bonchev–Trinajstić information content (AvgIpc) is 2.49. The van der Waals surface area contributed by atoms with Gasteiger partial charge in [-0.2, -0.15) is 0 Å². The summed E-state index contributed by atoms with van der Waals surface area (Å²) in [6, 6.07) is 0. The summed E-state index contributed by atoms with van der Waals surface area (Å²) < 4.78 is 0. The number of imidazole rings is 1. The van der Waals surface area contributed by atoms with Crippen molar-refractivity contribution < 1.29 is 4.79 Å². The molecule has 1 aromatic heterocycles. The molecule has 4 nitrogen and oxygen atoms in total. The number of nitrogens with zero attached hydrogens (tertiary/aromatic N) is 1. The van der Waals surface area contributed by atoms with Crippen LogP contribution in [0.2, 0.25) is 0 Å². The van der Waals surface area contributed by atoms with E-state index < -0.39 is 0 Å². The van der Waals surface area contributed by atoms with Gasteiger partial charge in [0.05, 0.1) is 12.0 Å². The summed E-state index contributed by atoms with van der Waals surface area (Å²) in [5, 5.41) is 0. The minimum atomic E-state index is -0.205. The number of rotatable bonds is 2. The fraction of sp³-hybridized carbons (Fsp3) is 0.556. The molecule has 1 atom stereocenters. The largest absolute Gasteiger partial charge is 0.370 e. The van der Waals surface area contributed by atoms with Gasteiger partial charge in [0.15, 0.2) is 0 Å². The maximum atomic E-state index is 10.7. The number of aromatic amines is 1. The Balaban J connectivity index is 2.04. The monoisotopic (exact) mass is 179 g/mol. The average molecular weight is 179 g/mol. The van der Waals surface area contributed by atoms with Crippen molar-refractivity contribution in [1.82, 2.24) is 9.97 Å². The highest BCUT2D eigenvalue weighted by Gasteiger charge is 2.21. The highest BCUT2D eigenvalue weighted by atomic mass is 16.1. The Morgan fingerprint density at radius 3 is 3.38 bits per heavy atom. The highest BCUT2D eigenvalue weighted by molar-refractivity contribution is 5.74. The van der Waals surface area contributed by atoms with Gasteiger partial charge in [-0.05, 0) is 25.2 Å². The Kier molecular flexibility index (Phi) is 2.04. The summed E-state index contributed by atoms with van der Waals surface area (Å²) >= 11 is 0. The molecule has 1 aromatic rings. The first-order valence-electron chi connectivity index (χ1n) is 4.55. The Morgan fingerprint density at radius 2 is 2.62 bits per heavy atom. The third kappa shape index (κ3) is 1.71. The normalized spacial score (nSPS) is 21.1. The van der Waals surface area contributed by atoms with E-state index in [1.54, 1.807) is 6.33 Å². The lowest BCUT2D eigenvalue weighted by molar-refractivity contribution is -0.119. The van der Waals surface area contributed by atoms with E-state index in [1.165, 1.54) is 5.69 Å². The van der Waals surface area contributed by atoms with Gasteiger partial charge in [-0.3, -0.25) is 4.79 Å². The van der Waals surface area contributed by atoms with Crippen LogP contribution < -0.4 is 5.73 Å². The summed E-state index contributed by atoms with van der Waals surface area (Å²) in [5.41, 5.74) is 7.48. The number of nitrogens with one attached hydrogen (secondary N) is 1. The number of amides is 1. The van der Waals surface area contributed by atoms with Gasteiger partial charge in [0.25, 0.3) is 0 Å². The van der Waals surface area contributed by atoms with Crippen LogP contribution in [0, 0.1) is 5.92 Å². The van der Waals surface area contributed by atoms with E-state index in [0.29, 0.717) is 12.3 Å². The molecule has 0 bridgehead atoms. The van der Waals surface area contributed by atoms with E-state index in [-0.39, 0.29) is 5.91 Å². The first-order valence-corrected chi connectivity index (χ1v) is 4.55. The second kappa shape index (κ2) is 3.20. The van der Waals surface area contributed by atoms with E-state index >= 15 is 0 Å². The van der Waals surface area contributed by atoms with Gasteiger partial charge < -0.3 is 10.7 Å². The molecule has 1 aliphatic carbocycles. The van der Waals surface area contributed by atoms with Crippen LogP contribution in [-0.4, -0.2) is 15.9 Å². The van der Waals surface area contributed by atoms with Crippen LogP contribution in [0.3, 0.4) is 0 Å². The number of fused-ring (bicyclic) bond motifs is 1. The van der Waals surface area contributed by atoms with Crippen molar-refractivity contribution in [3.05, 3.63) is 17.7 Å². The van der Waals surface area contributed by atoms with Crippen LogP contribution in [-0.2, 0) is 17.6 Å². The molecule has 0 aliphatic heterocycles. The molecule has 1 aliphatic rings. The maximum absolute atomic E-state index is 10.7. The molecule has 3 N–H and O–H groups in total. The molecule has 0 radical (unpaired) electrons. The van der Waals surface area contributed by atoms with E-state index in [0.717, 1.165) is 25.0 Å². The third-order valence-corrected chi connectivity index (χ3v) is 2.58. The lowest BCUT2D eigenvalue weighted by atomic mass is 9.87. The minimum absolute atomic E-state index is 0.205. The first-order chi connectivity index (χ1) is 6.25. The van der Waals surface area contributed by atoms with E-state index in [4.69, 9.17) is 5.73 Å². The van der Waals surface area contributed by atoms with Crippen LogP contribution in [0.5, 0.6) is 0 Å². The number of carbonyl (C=O) groups is 1. The molecule has 0 saturated carbocycles. The minimum Gasteiger partial charge on any atom is -0.370 e. The van der Waals surface area contributed by atoms with E-state index in [2.05, 4.69) is 9.97 Å². The fourth-order valence-electron chi connectivity index (χ4n) is 1.92. The molecule has 4 heteroatoms. The van der Waals surface area contributed by atoms with Gasteiger partial charge in [-0.1, -0.05) is 0 Å². The predicted molar refractivity (Wildman–Crippen MR) is 47.9 cm³/mol. The molecule has 0 saturated heterocycles. The summed E-state index contributed by atoms with van der Waals surface area (Å²) in [5.74, 6) is 0.192. The second-order valence-corrected chi connectivity index (χ2v) is 3.61. The van der Waals surface area contributed by atoms with Gasteiger partial charge in [0, 0.05) is 12.1 Å². The molecular weight excluding hydrogens is 166 g/mol. The van der Waals surface area contributed by atoms with Gasteiger partial charge in [-0.15, -0.1) is 0 Å². The van der Waals surface area contributed by atoms with Gasteiger partial charge in [0.2, 0.25) is 5.91 Å². The number of aryl methyl sites for hydroxylation is 1. The van der Waals surface area contributed by atoms with Crippen LogP contribution in [0.4, 0.5) is 0 Å². The number of nitrogens with two attached hydrogens (primary N) is 1. The SMILES string of the molecule is NC(=O)CC1CCc2[nH]cnc2C1. The molecule has 1 unspecified atom stereocenters. The van der Waals surface area contributed by atoms with E-state index in [1.807, 2.05) is 0 Å². The highest BCUT2D eigenvalue weighted by Crippen LogP contribution is 2.24. The smallest absolute Gasteiger partial charge is 0.217 e. The molecule has 1 amide bonds. The molecular formula is C9H13N3O. The van der Waals surface area contributed by atoms with Gasteiger partial charge in [-0.25, -0.2) is 4.98 Å². The van der Waals surface area contributed by atoms with Crippen molar-refractivity contribution in [2.45, 2.75) is 25.7 Å². The van der Waals surface area contributed by atoms with Crippen LogP contribution in [0.25, 0.3) is 0 Å². The predicted octanol–water partition coefficient (Wildman–Crippen LogP) is 0.390. The zero-order chi connectivity index (χ0) is 9.26. The Bertz CT molecular complexity index is 318. The number of hydrogen-bond donors (Lipinski definition) is 2. The van der Waals surface area contributed by atoms with Crippen molar-refractivity contribution >= 4 is 5.91 Å². The topological polar surface area (TPSA) is 71.8 Å². The van der Waals surface area contributed by atoms with E-state index in [9.17, 15) is 4.79 Å². The Hall–Kier alpha value is -1.32. The number of H-pyrrole nitrogens is 1. The van der Waals surface area contributed by atoms with Crippen molar-refractivity contribution in [1.29, 1.82) is 0 Å². The number of hydrogen-bond acceptors (Lipinski definition) is 2. The Morgan fingerprint density at radius 1 is 1.77 bits per heavy atom. The lowest BCUT2D eigenvalue weighted by Gasteiger charge is -2.19. The van der Waals surface area contributed by atoms with Crippen molar-refractivity contribution in [2.75, 3.05) is 0 Å².